The Balaban J connectivity index is 1.87. The Morgan fingerprint density at radius 3 is 2.46 bits per heavy atom. The number of nitrogens with two attached hydrogens (primary N) is 1. The van der Waals surface area contributed by atoms with Crippen LogP contribution in [0.2, 0.25) is 5.02 Å². The highest BCUT2D eigenvalue weighted by atomic mass is 35.5. The van der Waals surface area contributed by atoms with E-state index in [1.54, 1.807) is 19.2 Å². The van der Waals surface area contributed by atoms with Crippen molar-refractivity contribution in [3.05, 3.63) is 23.2 Å². The normalized spacial score (nSPS) is 21.2. The summed E-state index contributed by atoms with van der Waals surface area (Å²) in [5.74, 6) is 0.786. The largest absolute Gasteiger partial charge is 0.495 e. The average molecular weight is 382 g/mol. The molecule has 0 aromatic heterocycles. The van der Waals surface area contributed by atoms with Crippen molar-refractivity contribution in [3.63, 3.8) is 0 Å². The predicted octanol–water partition coefficient (Wildman–Crippen LogP) is 3.98. The molecule has 1 aromatic carbocycles. The van der Waals surface area contributed by atoms with Crippen molar-refractivity contribution < 1.29 is 14.3 Å². The first-order chi connectivity index (χ1) is 12.2. The highest BCUT2D eigenvalue weighted by Crippen LogP contribution is 2.29. The lowest BCUT2D eigenvalue weighted by Gasteiger charge is -2.28. The monoisotopic (exact) mass is 381 g/mol. The third-order valence-electron chi connectivity index (χ3n) is 4.18. The Labute approximate surface area is 160 Å². The number of benzene rings is 1. The summed E-state index contributed by atoms with van der Waals surface area (Å²) < 4.78 is 10.6. The van der Waals surface area contributed by atoms with Crippen LogP contribution in [0.15, 0.2) is 23.2 Å². The van der Waals surface area contributed by atoms with Gasteiger partial charge in [0.15, 0.2) is 5.96 Å². The van der Waals surface area contributed by atoms with Crippen LogP contribution in [0.4, 0.5) is 5.69 Å². The molecule has 0 atom stereocenters. The van der Waals surface area contributed by atoms with E-state index in [0.717, 1.165) is 31.4 Å². The van der Waals surface area contributed by atoms with Gasteiger partial charge in [0.05, 0.1) is 24.1 Å². The van der Waals surface area contributed by atoms with Crippen molar-refractivity contribution in [2.45, 2.75) is 58.1 Å². The second-order valence-electron chi connectivity index (χ2n) is 7.53. The molecule has 3 N–H and O–H groups in total. The fourth-order valence-corrected chi connectivity index (χ4v) is 3.20. The van der Waals surface area contributed by atoms with Gasteiger partial charge in [-0.3, -0.25) is 4.79 Å². The summed E-state index contributed by atoms with van der Waals surface area (Å²) in [5.41, 5.74) is 6.31. The van der Waals surface area contributed by atoms with Crippen molar-refractivity contribution >= 4 is 29.2 Å². The smallest absolute Gasteiger partial charge is 0.309 e. The highest BCUT2D eigenvalue weighted by molar-refractivity contribution is 6.32. The minimum Gasteiger partial charge on any atom is -0.495 e. The van der Waals surface area contributed by atoms with Crippen LogP contribution < -0.4 is 15.8 Å². The molecular formula is C19H28ClN3O3. The van der Waals surface area contributed by atoms with Crippen LogP contribution in [0.3, 0.4) is 0 Å². The molecule has 26 heavy (non-hydrogen) atoms. The Hall–Kier alpha value is -1.95. The molecule has 1 aliphatic carbocycles. The lowest BCUT2D eigenvalue weighted by molar-refractivity contribution is -0.161. The molecule has 0 amide bonds. The fraction of sp³-hybridized carbons (Fsp3) is 0.579. The quantitative estimate of drug-likeness (QED) is 0.468. The summed E-state index contributed by atoms with van der Waals surface area (Å²) in [6, 6.07) is 5.44. The fourth-order valence-electron chi connectivity index (χ4n) is 2.95. The van der Waals surface area contributed by atoms with Crippen LogP contribution in [-0.2, 0) is 9.53 Å². The van der Waals surface area contributed by atoms with E-state index in [-0.39, 0.29) is 17.9 Å². The maximum Gasteiger partial charge on any atom is 0.309 e. The number of nitrogens with zero attached hydrogens (tertiary/aromatic N) is 1. The molecule has 2 rings (SSSR count). The van der Waals surface area contributed by atoms with Gasteiger partial charge in [0.1, 0.15) is 11.4 Å². The highest BCUT2D eigenvalue weighted by Gasteiger charge is 2.29. The van der Waals surface area contributed by atoms with Crippen LogP contribution in [0, 0.1) is 5.92 Å². The number of methoxy groups -OCH3 is 1. The van der Waals surface area contributed by atoms with Gasteiger partial charge in [-0.15, -0.1) is 0 Å². The first-order valence-corrected chi connectivity index (χ1v) is 9.22. The third-order valence-corrected chi connectivity index (χ3v) is 4.48. The number of rotatable bonds is 4. The van der Waals surface area contributed by atoms with Gasteiger partial charge >= 0.3 is 5.97 Å². The Morgan fingerprint density at radius 2 is 1.92 bits per heavy atom. The molecule has 0 radical (unpaired) electrons. The minimum atomic E-state index is -0.444. The number of aliphatic imine (C=N–C) groups is 1. The molecule has 0 aliphatic heterocycles. The topological polar surface area (TPSA) is 85.9 Å². The van der Waals surface area contributed by atoms with Gasteiger partial charge in [-0.25, -0.2) is 4.99 Å². The number of carbonyl (C=O) groups is 1. The van der Waals surface area contributed by atoms with E-state index < -0.39 is 5.60 Å². The molecule has 0 unspecified atom stereocenters. The predicted molar refractivity (Wildman–Crippen MR) is 105 cm³/mol. The van der Waals surface area contributed by atoms with Gasteiger partial charge in [-0.1, -0.05) is 11.6 Å². The van der Waals surface area contributed by atoms with Gasteiger partial charge in [0, 0.05) is 5.69 Å². The molecule has 7 heteroatoms. The summed E-state index contributed by atoms with van der Waals surface area (Å²) in [6.45, 7) is 5.66. The molecule has 1 fully saturated rings. The first kappa shape index (κ1) is 20.4. The van der Waals surface area contributed by atoms with Crippen molar-refractivity contribution in [1.82, 2.24) is 0 Å². The second kappa shape index (κ2) is 8.62. The summed E-state index contributed by atoms with van der Waals surface area (Å²) >= 11 is 6.11. The Bertz CT molecular complexity index is 662. The average Bonchev–Trinajstić information content (AvgIpc) is 2.54. The minimum absolute atomic E-state index is 0.0461. The van der Waals surface area contributed by atoms with Crippen molar-refractivity contribution in [1.29, 1.82) is 0 Å². The number of hydrogen-bond acceptors (Lipinski definition) is 4. The maximum atomic E-state index is 12.2. The Morgan fingerprint density at radius 1 is 1.27 bits per heavy atom. The molecule has 144 valence electrons. The second-order valence-corrected chi connectivity index (χ2v) is 7.93. The lowest BCUT2D eigenvalue weighted by Crippen LogP contribution is -2.32. The number of ether oxygens (including phenoxy) is 2. The number of nitrogens with one attached hydrogen (secondary N) is 1. The van der Waals surface area contributed by atoms with Crippen molar-refractivity contribution in [2.24, 2.45) is 16.6 Å². The zero-order chi connectivity index (χ0) is 19.3. The number of anilines is 1. The zero-order valence-corrected chi connectivity index (χ0v) is 16.6. The molecule has 1 aromatic rings. The van der Waals surface area contributed by atoms with Crippen LogP contribution in [-0.4, -0.2) is 30.7 Å². The third kappa shape index (κ3) is 6.09. The van der Waals surface area contributed by atoms with Gasteiger partial charge in [0.25, 0.3) is 0 Å². The van der Waals surface area contributed by atoms with Crippen LogP contribution in [0.25, 0.3) is 0 Å². The summed E-state index contributed by atoms with van der Waals surface area (Å²) in [5, 5.41) is 3.55. The van der Waals surface area contributed by atoms with E-state index in [4.69, 9.17) is 26.8 Å². The van der Waals surface area contributed by atoms with Gasteiger partial charge < -0.3 is 20.5 Å². The van der Waals surface area contributed by atoms with Gasteiger partial charge in [-0.05, 0) is 64.7 Å². The van der Waals surface area contributed by atoms with E-state index in [9.17, 15) is 4.79 Å². The van der Waals surface area contributed by atoms with Crippen LogP contribution in [0.5, 0.6) is 5.75 Å². The van der Waals surface area contributed by atoms with Crippen molar-refractivity contribution in [3.8, 4) is 5.75 Å². The van der Waals surface area contributed by atoms with Gasteiger partial charge in [-0.2, -0.15) is 0 Å². The molecule has 6 nitrogen and oxygen atoms in total. The van der Waals surface area contributed by atoms with E-state index in [2.05, 4.69) is 10.3 Å². The van der Waals surface area contributed by atoms with E-state index in [0.29, 0.717) is 16.7 Å². The number of carbonyl (C=O) groups excluding carboxylic acids is 1. The number of esters is 1. The van der Waals surface area contributed by atoms with Crippen LogP contribution in [0.1, 0.15) is 46.5 Å². The van der Waals surface area contributed by atoms with Crippen molar-refractivity contribution in [2.75, 3.05) is 12.4 Å². The SMILES string of the molecule is COc1ccc(NC(N)=NC2CCC(C(=O)OC(C)(C)C)CC2)cc1Cl. The summed E-state index contributed by atoms with van der Waals surface area (Å²) in [4.78, 5) is 16.7. The molecule has 0 spiro atoms. The molecule has 1 aliphatic rings. The molecule has 0 bridgehead atoms. The molecule has 0 heterocycles. The van der Waals surface area contributed by atoms with Crippen LogP contribution >= 0.6 is 11.6 Å². The molecular weight excluding hydrogens is 354 g/mol. The van der Waals surface area contributed by atoms with E-state index in [1.807, 2.05) is 26.8 Å². The summed E-state index contributed by atoms with van der Waals surface area (Å²) in [6.07, 6.45) is 3.17. The van der Waals surface area contributed by atoms with Gasteiger partial charge in [0.2, 0.25) is 0 Å². The number of hydrogen-bond donors (Lipinski definition) is 2. The number of guanidine groups is 1. The standard InChI is InChI=1S/C19H28ClN3O3/c1-19(2,3)26-17(24)12-5-7-13(8-6-12)22-18(21)23-14-9-10-16(25-4)15(20)11-14/h9-13H,5-8H2,1-4H3,(H3,21,22,23). The lowest BCUT2D eigenvalue weighted by atomic mass is 9.86. The maximum absolute atomic E-state index is 12.2. The number of halogens is 1. The molecule has 0 saturated heterocycles. The zero-order valence-electron chi connectivity index (χ0n) is 15.8. The first-order valence-electron chi connectivity index (χ1n) is 8.84. The Kier molecular flexibility index (Phi) is 6.75. The van der Waals surface area contributed by atoms with E-state index in [1.165, 1.54) is 0 Å². The molecule has 1 saturated carbocycles. The summed E-state index contributed by atoms with van der Waals surface area (Å²) in [7, 11) is 1.57. The van der Waals surface area contributed by atoms with E-state index >= 15 is 0 Å².